The topological polar surface area (TPSA) is 144 Å². The summed E-state index contributed by atoms with van der Waals surface area (Å²) >= 11 is 0. The molecule has 4 rings (SSSR count). The van der Waals surface area contributed by atoms with Crippen molar-refractivity contribution in [1.29, 1.82) is 0 Å². The number of carbonyl (C=O) groups excluding carboxylic acids is 1. The standard InChI is InChI=1S/C19H23F3N6O3/c20-19(21,22)18(30)7-3-1-2-5-10-6-4-8-28(10)15-11(14(24)29)9-12(23)13(25-15)16-26-27-17(18)31-16/h9-10,30H,1-8,23H2,(H2,24,29)/t10-,18?/m1/s1. The Balaban J connectivity index is 1.88. The number of rotatable bonds is 1. The third kappa shape index (κ3) is 3.68. The van der Waals surface area contributed by atoms with Crippen LogP contribution in [0.2, 0.25) is 0 Å². The zero-order valence-electron chi connectivity index (χ0n) is 16.7. The van der Waals surface area contributed by atoms with Crippen LogP contribution in [0.1, 0.15) is 61.2 Å². The minimum absolute atomic E-state index is 0.0499. The van der Waals surface area contributed by atoms with Gasteiger partial charge in [-0.1, -0.05) is 12.8 Å². The molecule has 1 amide bonds. The highest BCUT2D eigenvalue weighted by molar-refractivity contribution is 5.99. The third-order valence-electron chi connectivity index (χ3n) is 5.97. The molecule has 4 bridgehead atoms. The van der Waals surface area contributed by atoms with E-state index in [0.717, 1.165) is 12.8 Å². The van der Waals surface area contributed by atoms with E-state index in [9.17, 15) is 23.1 Å². The summed E-state index contributed by atoms with van der Waals surface area (Å²) in [6.45, 7) is 0.657. The van der Waals surface area contributed by atoms with Crippen LogP contribution in [0, 0.1) is 0 Å². The molecule has 12 heteroatoms. The van der Waals surface area contributed by atoms with Gasteiger partial charge < -0.3 is 25.9 Å². The lowest BCUT2D eigenvalue weighted by atomic mass is 9.94. The van der Waals surface area contributed by atoms with Crippen molar-refractivity contribution >= 4 is 17.4 Å². The van der Waals surface area contributed by atoms with E-state index < -0.39 is 30.0 Å². The van der Waals surface area contributed by atoms with Gasteiger partial charge in [0.25, 0.3) is 17.7 Å². The van der Waals surface area contributed by atoms with E-state index in [1.54, 1.807) is 0 Å². The first-order chi connectivity index (χ1) is 14.6. The maximum Gasteiger partial charge on any atom is 0.426 e. The molecule has 9 nitrogen and oxygen atoms in total. The number of primary amides is 1. The van der Waals surface area contributed by atoms with E-state index in [4.69, 9.17) is 15.9 Å². The number of hydrogen-bond acceptors (Lipinski definition) is 8. The van der Waals surface area contributed by atoms with Crippen molar-refractivity contribution in [2.45, 2.75) is 62.8 Å². The van der Waals surface area contributed by atoms with Crippen LogP contribution in [0.15, 0.2) is 10.5 Å². The van der Waals surface area contributed by atoms with Gasteiger partial charge in [-0.15, -0.1) is 10.2 Å². The zero-order chi connectivity index (χ0) is 22.4. The largest absolute Gasteiger partial charge is 0.426 e. The fourth-order valence-electron chi connectivity index (χ4n) is 4.30. The van der Waals surface area contributed by atoms with Gasteiger partial charge in [0.15, 0.2) is 5.69 Å². The van der Waals surface area contributed by atoms with Crippen molar-refractivity contribution in [3.8, 4) is 11.6 Å². The number of amides is 1. The van der Waals surface area contributed by atoms with Crippen LogP contribution in [0.25, 0.3) is 11.6 Å². The van der Waals surface area contributed by atoms with Crippen LogP contribution >= 0.6 is 0 Å². The predicted octanol–water partition coefficient (Wildman–Crippen LogP) is 2.50. The molecule has 0 saturated carbocycles. The molecule has 5 N–H and O–H groups in total. The SMILES string of the molecule is NC(=O)c1cc(N)c2nc1N1CCC[C@H]1CCCCCC(O)(C(F)(F)F)c1nnc-2o1. The number of carbonyl (C=O) groups is 1. The molecule has 1 unspecified atom stereocenters. The fourth-order valence-corrected chi connectivity index (χ4v) is 4.30. The fraction of sp³-hybridized carbons (Fsp3) is 0.579. The lowest BCUT2D eigenvalue weighted by Crippen LogP contribution is -2.42. The van der Waals surface area contributed by atoms with Crippen molar-refractivity contribution in [2.24, 2.45) is 5.73 Å². The van der Waals surface area contributed by atoms with Crippen molar-refractivity contribution in [3.05, 3.63) is 17.5 Å². The Bertz CT molecular complexity index is 995. The molecule has 2 aromatic heterocycles. The molecule has 4 heterocycles. The number of nitrogen functional groups attached to an aromatic ring is 1. The Morgan fingerprint density at radius 1 is 1.23 bits per heavy atom. The lowest BCUT2D eigenvalue weighted by molar-refractivity contribution is -0.277. The van der Waals surface area contributed by atoms with Gasteiger partial charge in [0, 0.05) is 12.6 Å². The molecule has 2 aliphatic heterocycles. The summed E-state index contributed by atoms with van der Waals surface area (Å²) in [7, 11) is 0. The summed E-state index contributed by atoms with van der Waals surface area (Å²) in [6.07, 6.45) is -1.90. The van der Waals surface area contributed by atoms with Gasteiger partial charge in [-0.3, -0.25) is 4.79 Å². The second-order valence-corrected chi connectivity index (χ2v) is 8.02. The zero-order valence-corrected chi connectivity index (χ0v) is 16.7. The van der Waals surface area contributed by atoms with E-state index in [1.807, 2.05) is 4.90 Å². The van der Waals surface area contributed by atoms with Gasteiger partial charge in [0.2, 0.25) is 5.60 Å². The lowest BCUT2D eigenvalue weighted by Gasteiger charge is -2.29. The first-order valence-electron chi connectivity index (χ1n) is 10.1. The number of aromatic nitrogens is 3. The normalized spacial score (nSPS) is 24.5. The average molecular weight is 440 g/mol. The minimum atomic E-state index is -5.00. The Morgan fingerprint density at radius 2 is 1.97 bits per heavy atom. The summed E-state index contributed by atoms with van der Waals surface area (Å²) in [6, 6.07) is 1.38. The Hall–Kier alpha value is -2.89. The summed E-state index contributed by atoms with van der Waals surface area (Å²) in [5, 5.41) is 17.6. The Morgan fingerprint density at radius 3 is 2.68 bits per heavy atom. The van der Waals surface area contributed by atoms with Gasteiger partial charge in [0.1, 0.15) is 5.82 Å². The van der Waals surface area contributed by atoms with Gasteiger partial charge in [0.05, 0.1) is 11.3 Å². The molecular formula is C19H23F3N6O3. The van der Waals surface area contributed by atoms with E-state index in [1.165, 1.54) is 6.07 Å². The molecule has 2 aromatic rings. The first-order valence-corrected chi connectivity index (χ1v) is 10.1. The number of alkyl halides is 3. The summed E-state index contributed by atoms with van der Waals surface area (Å²) < 4.78 is 46.4. The van der Waals surface area contributed by atoms with E-state index in [2.05, 4.69) is 15.2 Å². The van der Waals surface area contributed by atoms with E-state index >= 15 is 0 Å². The molecule has 31 heavy (non-hydrogen) atoms. The number of aliphatic hydroxyl groups is 1. The summed E-state index contributed by atoms with van der Waals surface area (Å²) in [5.74, 6) is -1.76. The van der Waals surface area contributed by atoms with Gasteiger partial charge in [-0.2, -0.15) is 13.2 Å². The maximum atomic E-state index is 13.7. The van der Waals surface area contributed by atoms with Crippen molar-refractivity contribution in [2.75, 3.05) is 17.2 Å². The van der Waals surface area contributed by atoms with Crippen LogP contribution in [0.3, 0.4) is 0 Å². The van der Waals surface area contributed by atoms with Gasteiger partial charge in [-0.05, 0) is 38.2 Å². The number of nitrogens with zero attached hydrogens (tertiary/aromatic N) is 4. The molecule has 2 aliphatic rings. The summed E-state index contributed by atoms with van der Waals surface area (Å²) in [4.78, 5) is 18.4. The van der Waals surface area contributed by atoms with Gasteiger partial charge >= 0.3 is 6.18 Å². The van der Waals surface area contributed by atoms with Crippen LogP contribution in [-0.4, -0.2) is 45.0 Å². The summed E-state index contributed by atoms with van der Waals surface area (Å²) in [5.41, 5.74) is 8.26. The smallest absolute Gasteiger partial charge is 0.416 e. The molecule has 1 fully saturated rings. The highest BCUT2D eigenvalue weighted by Gasteiger charge is 2.58. The molecule has 1 saturated heterocycles. The highest BCUT2D eigenvalue weighted by Crippen LogP contribution is 2.43. The first kappa shape index (κ1) is 21.3. The second-order valence-electron chi connectivity index (χ2n) is 8.02. The maximum absolute atomic E-state index is 13.7. The number of nitrogens with two attached hydrogens (primary N) is 2. The highest BCUT2D eigenvalue weighted by atomic mass is 19.4. The van der Waals surface area contributed by atoms with Crippen molar-refractivity contribution < 1.29 is 27.5 Å². The number of halogens is 3. The molecule has 168 valence electrons. The quantitative estimate of drug-likeness (QED) is 0.613. The van der Waals surface area contributed by atoms with Crippen molar-refractivity contribution in [1.82, 2.24) is 15.2 Å². The van der Waals surface area contributed by atoms with Gasteiger partial charge in [-0.25, -0.2) is 4.98 Å². The molecular weight excluding hydrogens is 417 g/mol. The molecule has 2 atom stereocenters. The second kappa shape index (κ2) is 7.66. The van der Waals surface area contributed by atoms with Crippen LogP contribution in [0.5, 0.6) is 0 Å². The molecule has 0 spiro atoms. The molecule has 0 aromatic carbocycles. The predicted molar refractivity (Wildman–Crippen MR) is 104 cm³/mol. The number of hydrogen-bond donors (Lipinski definition) is 3. The Kier molecular flexibility index (Phi) is 5.28. The van der Waals surface area contributed by atoms with Crippen LogP contribution in [0.4, 0.5) is 24.7 Å². The molecule has 0 aliphatic carbocycles. The monoisotopic (exact) mass is 440 g/mol. The van der Waals surface area contributed by atoms with E-state index in [-0.39, 0.29) is 35.3 Å². The van der Waals surface area contributed by atoms with Crippen LogP contribution in [-0.2, 0) is 5.60 Å². The number of pyridine rings is 1. The third-order valence-corrected chi connectivity index (χ3v) is 5.97. The number of anilines is 2. The minimum Gasteiger partial charge on any atom is -0.416 e. The van der Waals surface area contributed by atoms with E-state index in [0.29, 0.717) is 31.6 Å². The van der Waals surface area contributed by atoms with Crippen LogP contribution < -0.4 is 16.4 Å². The average Bonchev–Trinajstić information content (AvgIpc) is 3.35. The Labute approximate surface area is 175 Å². The van der Waals surface area contributed by atoms with Crippen molar-refractivity contribution in [3.63, 3.8) is 0 Å². The number of fused-ring (bicyclic) bond motifs is 7. The molecule has 0 radical (unpaired) electrons.